The number of aromatic nitrogens is 1. The van der Waals surface area contributed by atoms with Crippen LogP contribution < -0.4 is 0 Å². The van der Waals surface area contributed by atoms with Crippen LogP contribution in [0.5, 0.6) is 0 Å². The van der Waals surface area contributed by atoms with Gasteiger partial charge >= 0.3 is 12.1 Å². The van der Waals surface area contributed by atoms with Crippen molar-refractivity contribution in [1.29, 1.82) is 0 Å². The second-order valence-electron chi connectivity index (χ2n) is 4.10. The molecule has 0 saturated carbocycles. The summed E-state index contributed by atoms with van der Waals surface area (Å²) in [6, 6.07) is 0. The zero-order valence-electron chi connectivity index (χ0n) is 10.9. The van der Waals surface area contributed by atoms with E-state index in [2.05, 4.69) is 4.98 Å². The summed E-state index contributed by atoms with van der Waals surface area (Å²) >= 11 is 0.484. The van der Waals surface area contributed by atoms with Crippen molar-refractivity contribution in [3.63, 3.8) is 0 Å². The molecule has 0 radical (unpaired) electrons. The minimum atomic E-state index is -4.71. The Morgan fingerprint density at radius 3 is 2.57 bits per heavy atom. The van der Waals surface area contributed by atoms with Gasteiger partial charge in [-0.15, -0.1) is 11.3 Å². The SMILES string of the molecule is CCCCN(CC(F)(F)F)S(=O)(=O)c1scnc1C(=O)O. The van der Waals surface area contributed by atoms with Crippen molar-refractivity contribution in [1.82, 2.24) is 9.29 Å². The van der Waals surface area contributed by atoms with Crippen molar-refractivity contribution < 1.29 is 31.5 Å². The summed E-state index contributed by atoms with van der Waals surface area (Å²) in [5.41, 5.74) is 0.214. The van der Waals surface area contributed by atoms with Crippen molar-refractivity contribution in [3.05, 3.63) is 11.2 Å². The zero-order valence-corrected chi connectivity index (χ0v) is 12.6. The highest BCUT2D eigenvalue weighted by Gasteiger charge is 2.39. The van der Waals surface area contributed by atoms with Crippen LogP contribution in [-0.4, -0.2) is 48.0 Å². The Bertz CT molecular complexity index is 598. The predicted molar refractivity (Wildman–Crippen MR) is 68.8 cm³/mol. The first kappa shape index (κ1) is 17.9. The number of sulfonamides is 1. The van der Waals surface area contributed by atoms with Crippen LogP contribution in [0.2, 0.25) is 0 Å². The Kier molecular flexibility index (Phi) is 5.70. The molecule has 0 aliphatic rings. The topological polar surface area (TPSA) is 87.6 Å². The Hall–Kier alpha value is -1.20. The van der Waals surface area contributed by atoms with Crippen molar-refractivity contribution in [2.75, 3.05) is 13.1 Å². The summed E-state index contributed by atoms with van der Waals surface area (Å²) in [4.78, 5) is 14.3. The summed E-state index contributed by atoms with van der Waals surface area (Å²) in [5.74, 6) is -1.60. The standard InChI is InChI=1S/C10H13F3N2O4S2/c1-2-3-4-15(5-10(11,12)13)21(18,19)9-7(8(16)17)14-6-20-9/h6H,2-5H2,1H3,(H,16,17). The summed E-state index contributed by atoms with van der Waals surface area (Å²) in [5, 5.41) is 8.85. The fourth-order valence-electron chi connectivity index (χ4n) is 1.50. The van der Waals surface area contributed by atoms with Gasteiger partial charge in [0.1, 0.15) is 6.54 Å². The maximum absolute atomic E-state index is 12.5. The third-order valence-electron chi connectivity index (χ3n) is 2.43. The van der Waals surface area contributed by atoms with Gasteiger partial charge in [-0.05, 0) is 6.42 Å². The lowest BCUT2D eigenvalue weighted by molar-refractivity contribution is -0.136. The predicted octanol–water partition coefficient (Wildman–Crippen LogP) is 2.19. The highest BCUT2D eigenvalue weighted by molar-refractivity contribution is 7.91. The highest BCUT2D eigenvalue weighted by Crippen LogP contribution is 2.27. The smallest absolute Gasteiger partial charge is 0.402 e. The molecule has 1 aromatic rings. The first-order valence-electron chi connectivity index (χ1n) is 5.83. The number of alkyl halides is 3. The Labute approximate surface area is 123 Å². The maximum Gasteiger partial charge on any atom is 0.402 e. The van der Waals surface area contributed by atoms with Gasteiger partial charge in [0.25, 0.3) is 10.0 Å². The van der Waals surface area contributed by atoms with E-state index < -0.39 is 38.6 Å². The van der Waals surface area contributed by atoms with Crippen LogP contribution in [-0.2, 0) is 10.0 Å². The van der Waals surface area contributed by atoms with Crippen LogP contribution in [0.25, 0.3) is 0 Å². The van der Waals surface area contributed by atoms with Crippen molar-refractivity contribution >= 4 is 27.3 Å². The molecule has 0 fully saturated rings. The highest BCUT2D eigenvalue weighted by atomic mass is 32.2. The van der Waals surface area contributed by atoms with Gasteiger partial charge in [-0.25, -0.2) is 18.2 Å². The normalized spacial score (nSPS) is 12.8. The molecule has 0 saturated heterocycles. The summed E-state index contributed by atoms with van der Waals surface area (Å²) < 4.78 is 61.6. The van der Waals surface area contributed by atoms with Crippen molar-refractivity contribution in [2.24, 2.45) is 0 Å². The average molecular weight is 346 g/mol. The van der Waals surface area contributed by atoms with E-state index in [0.717, 1.165) is 5.51 Å². The van der Waals surface area contributed by atoms with E-state index in [4.69, 9.17) is 5.11 Å². The molecule has 0 aliphatic heterocycles. The molecule has 0 aromatic carbocycles. The van der Waals surface area contributed by atoms with Gasteiger partial charge in [0, 0.05) is 6.54 Å². The lowest BCUT2D eigenvalue weighted by Gasteiger charge is -2.22. The number of aromatic carboxylic acids is 1. The summed E-state index contributed by atoms with van der Waals surface area (Å²) in [7, 11) is -4.55. The average Bonchev–Trinajstić information content (AvgIpc) is 2.82. The first-order valence-corrected chi connectivity index (χ1v) is 8.15. The van der Waals surface area contributed by atoms with Gasteiger partial charge in [0.15, 0.2) is 9.90 Å². The van der Waals surface area contributed by atoms with Crippen molar-refractivity contribution in [3.8, 4) is 0 Å². The van der Waals surface area contributed by atoms with Crippen LogP contribution in [0.4, 0.5) is 13.2 Å². The lowest BCUT2D eigenvalue weighted by atomic mass is 10.3. The number of carbonyl (C=O) groups is 1. The van der Waals surface area contributed by atoms with Crippen molar-refractivity contribution in [2.45, 2.75) is 30.2 Å². The van der Waals surface area contributed by atoms with Gasteiger partial charge in [-0.3, -0.25) is 0 Å². The number of rotatable bonds is 7. The minimum Gasteiger partial charge on any atom is -0.476 e. The molecule has 1 aromatic heterocycles. The van der Waals surface area contributed by atoms with E-state index in [-0.39, 0.29) is 17.3 Å². The molecule has 1 N–H and O–H groups in total. The number of carboxylic acids is 1. The van der Waals surface area contributed by atoms with E-state index in [0.29, 0.717) is 17.8 Å². The molecule has 1 rings (SSSR count). The zero-order chi connectivity index (χ0) is 16.3. The second kappa shape index (κ2) is 6.71. The summed E-state index contributed by atoms with van der Waals surface area (Å²) in [6.45, 7) is -0.296. The van der Waals surface area contributed by atoms with E-state index in [9.17, 15) is 26.4 Å². The number of halogens is 3. The molecule has 0 spiro atoms. The third kappa shape index (κ3) is 4.64. The Morgan fingerprint density at radius 1 is 1.48 bits per heavy atom. The largest absolute Gasteiger partial charge is 0.476 e. The quantitative estimate of drug-likeness (QED) is 0.818. The Balaban J connectivity index is 3.20. The van der Waals surface area contributed by atoms with Gasteiger partial charge in [0.2, 0.25) is 0 Å². The molecule has 0 amide bonds. The number of hydrogen-bond donors (Lipinski definition) is 1. The van der Waals surface area contributed by atoms with Crippen LogP contribution in [0.15, 0.2) is 9.72 Å². The molecule has 1 heterocycles. The van der Waals surface area contributed by atoms with Gasteiger partial charge in [-0.2, -0.15) is 17.5 Å². The third-order valence-corrected chi connectivity index (χ3v) is 5.62. The number of unbranched alkanes of at least 4 members (excludes halogenated alkanes) is 1. The molecular formula is C10H13F3N2O4S2. The number of hydrogen-bond acceptors (Lipinski definition) is 5. The first-order chi connectivity index (χ1) is 9.59. The molecule has 0 aliphatic carbocycles. The molecule has 21 heavy (non-hydrogen) atoms. The summed E-state index contributed by atoms with van der Waals surface area (Å²) in [6.07, 6.45) is -3.98. The fraction of sp³-hybridized carbons (Fsp3) is 0.600. The van der Waals surface area contributed by atoms with E-state index in [1.165, 1.54) is 0 Å². The molecule has 0 atom stereocenters. The number of thiazole rings is 1. The molecule has 0 bridgehead atoms. The molecule has 0 unspecified atom stereocenters. The van der Waals surface area contributed by atoms with Crippen LogP contribution in [0.3, 0.4) is 0 Å². The molecule has 11 heteroatoms. The number of carboxylic acid groups (broad SMARTS) is 1. The van der Waals surface area contributed by atoms with Crippen LogP contribution in [0.1, 0.15) is 30.3 Å². The van der Waals surface area contributed by atoms with Gasteiger partial charge in [-0.1, -0.05) is 13.3 Å². The molecule has 120 valence electrons. The van der Waals surface area contributed by atoms with E-state index in [1.807, 2.05) is 0 Å². The lowest BCUT2D eigenvalue weighted by Crippen LogP contribution is -2.39. The second-order valence-corrected chi connectivity index (χ2v) is 7.09. The van der Waals surface area contributed by atoms with Crippen LogP contribution >= 0.6 is 11.3 Å². The van der Waals surface area contributed by atoms with Gasteiger partial charge < -0.3 is 5.11 Å². The fourth-order valence-corrected chi connectivity index (χ4v) is 4.24. The number of nitrogens with zero attached hydrogens (tertiary/aromatic N) is 2. The molecular weight excluding hydrogens is 333 g/mol. The monoisotopic (exact) mass is 346 g/mol. The van der Waals surface area contributed by atoms with E-state index in [1.54, 1.807) is 6.92 Å². The van der Waals surface area contributed by atoms with Gasteiger partial charge in [0.05, 0.1) is 5.51 Å². The molecule has 6 nitrogen and oxygen atoms in total. The van der Waals surface area contributed by atoms with E-state index >= 15 is 0 Å². The maximum atomic E-state index is 12.5. The Morgan fingerprint density at radius 2 is 2.10 bits per heavy atom. The minimum absolute atomic E-state index is 0.233. The van der Waals surface area contributed by atoms with Crippen LogP contribution in [0, 0.1) is 0 Å².